The Labute approximate surface area is 183 Å². The molecule has 2 aliphatic rings. The number of carbonyl (C=O) groups excluding carboxylic acids is 3. The molecule has 0 radical (unpaired) electrons. The zero-order valence-corrected chi connectivity index (χ0v) is 18.2. The summed E-state index contributed by atoms with van der Waals surface area (Å²) >= 11 is 0. The molecule has 2 aromatic rings. The molecule has 3 amide bonds. The van der Waals surface area contributed by atoms with E-state index in [0.29, 0.717) is 24.0 Å². The highest BCUT2D eigenvalue weighted by Gasteiger charge is 2.32. The molecule has 0 bridgehead atoms. The van der Waals surface area contributed by atoms with E-state index in [9.17, 15) is 14.4 Å². The molecule has 0 aliphatic carbocycles. The molecule has 0 saturated carbocycles. The second-order valence-corrected chi connectivity index (χ2v) is 8.61. The van der Waals surface area contributed by atoms with Crippen molar-refractivity contribution in [3.63, 3.8) is 0 Å². The van der Waals surface area contributed by atoms with E-state index in [1.54, 1.807) is 12.1 Å². The summed E-state index contributed by atoms with van der Waals surface area (Å²) in [7, 11) is 0. The fourth-order valence-electron chi connectivity index (χ4n) is 4.66. The van der Waals surface area contributed by atoms with Gasteiger partial charge in [0, 0.05) is 48.6 Å². The number of nitrogens with zero attached hydrogens (tertiary/aromatic N) is 2. The van der Waals surface area contributed by atoms with Crippen LogP contribution < -0.4 is 5.32 Å². The number of unbranched alkanes of at least 4 members (excludes halogenated alkanes) is 1. The Balaban J connectivity index is 1.28. The van der Waals surface area contributed by atoms with E-state index in [4.69, 9.17) is 0 Å². The van der Waals surface area contributed by atoms with Crippen LogP contribution in [0.15, 0.2) is 36.4 Å². The number of amides is 3. The normalized spacial score (nSPS) is 17.4. The van der Waals surface area contributed by atoms with Crippen molar-refractivity contribution in [2.75, 3.05) is 26.2 Å². The third-order valence-corrected chi connectivity index (χ3v) is 6.42. The van der Waals surface area contributed by atoms with Gasteiger partial charge in [0.25, 0.3) is 11.8 Å². The molecule has 164 valence electrons. The number of carbonyl (C=O) groups is 3. The van der Waals surface area contributed by atoms with Crippen molar-refractivity contribution in [1.82, 2.24) is 15.1 Å². The van der Waals surface area contributed by atoms with E-state index in [-0.39, 0.29) is 30.3 Å². The first-order valence-electron chi connectivity index (χ1n) is 11.5. The summed E-state index contributed by atoms with van der Waals surface area (Å²) in [5, 5.41) is 4.77. The first-order chi connectivity index (χ1) is 15.1. The molecule has 6 heteroatoms. The third-order valence-electron chi connectivity index (χ3n) is 6.42. The van der Waals surface area contributed by atoms with Gasteiger partial charge in [-0.1, -0.05) is 37.6 Å². The average Bonchev–Trinajstić information content (AvgIpc) is 2.79. The fraction of sp³-hybridized carbons (Fsp3) is 0.480. The van der Waals surface area contributed by atoms with Crippen LogP contribution in [0.3, 0.4) is 0 Å². The molecule has 4 rings (SSSR count). The summed E-state index contributed by atoms with van der Waals surface area (Å²) < 4.78 is 0. The number of hydrogen-bond donors (Lipinski definition) is 1. The molecule has 0 unspecified atom stereocenters. The monoisotopic (exact) mass is 421 g/mol. The highest BCUT2D eigenvalue weighted by molar-refractivity contribution is 6.25. The van der Waals surface area contributed by atoms with Gasteiger partial charge in [0.15, 0.2) is 0 Å². The molecule has 0 atom stereocenters. The zero-order valence-electron chi connectivity index (χ0n) is 18.2. The van der Waals surface area contributed by atoms with Crippen LogP contribution in [0.4, 0.5) is 0 Å². The van der Waals surface area contributed by atoms with Gasteiger partial charge in [0.05, 0.1) is 0 Å². The molecule has 1 N–H and O–H groups in total. The average molecular weight is 422 g/mol. The number of piperidine rings is 1. The predicted octanol–water partition coefficient (Wildman–Crippen LogP) is 3.60. The van der Waals surface area contributed by atoms with Crippen molar-refractivity contribution in [1.29, 1.82) is 0 Å². The maximum absolute atomic E-state index is 12.9. The molecule has 2 aromatic carbocycles. The Morgan fingerprint density at radius 3 is 2.23 bits per heavy atom. The standard InChI is InChI=1S/C25H31N3O3/c1-2-3-14-27-16-12-19(13-17-27)26-22(29)11-6-15-28-24(30)20-9-4-7-18-8-5-10-21(23(18)20)25(28)31/h4-5,7-10,19H,2-3,6,11-17H2,1H3,(H,26,29). The summed E-state index contributed by atoms with van der Waals surface area (Å²) in [6.07, 6.45) is 5.19. The summed E-state index contributed by atoms with van der Waals surface area (Å²) in [6, 6.07) is 11.3. The van der Waals surface area contributed by atoms with Gasteiger partial charge in [0.1, 0.15) is 0 Å². The van der Waals surface area contributed by atoms with Gasteiger partial charge in [-0.05, 0) is 49.7 Å². The van der Waals surface area contributed by atoms with Crippen LogP contribution in [0.1, 0.15) is 66.2 Å². The van der Waals surface area contributed by atoms with E-state index in [0.717, 1.165) is 43.2 Å². The second kappa shape index (κ2) is 9.60. The van der Waals surface area contributed by atoms with E-state index in [2.05, 4.69) is 17.1 Å². The van der Waals surface area contributed by atoms with Crippen LogP contribution in [-0.2, 0) is 4.79 Å². The molecule has 1 fully saturated rings. The van der Waals surface area contributed by atoms with Gasteiger partial charge in [0.2, 0.25) is 5.91 Å². The van der Waals surface area contributed by atoms with E-state index >= 15 is 0 Å². The maximum Gasteiger partial charge on any atom is 0.261 e. The molecule has 6 nitrogen and oxygen atoms in total. The first-order valence-corrected chi connectivity index (χ1v) is 11.5. The van der Waals surface area contributed by atoms with Crippen LogP contribution in [0, 0.1) is 0 Å². The van der Waals surface area contributed by atoms with Crippen molar-refractivity contribution >= 4 is 28.5 Å². The Hall–Kier alpha value is -2.73. The zero-order chi connectivity index (χ0) is 21.8. The molecule has 0 spiro atoms. The number of nitrogens with one attached hydrogen (secondary N) is 1. The largest absolute Gasteiger partial charge is 0.353 e. The number of imide groups is 1. The highest BCUT2D eigenvalue weighted by atomic mass is 16.2. The minimum absolute atomic E-state index is 0.00594. The van der Waals surface area contributed by atoms with Gasteiger partial charge in [-0.15, -0.1) is 0 Å². The van der Waals surface area contributed by atoms with Crippen LogP contribution >= 0.6 is 0 Å². The second-order valence-electron chi connectivity index (χ2n) is 8.61. The minimum Gasteiger partial charge on any atom is -0.353 e. The Morgan fingerprint density at radius 1 is 0.968 bits per heavy atom. The van der Waals surface area contributed by atoms with Gasteiger partial charge < -0.3 is 10.2 Å². The SMILES string of the molecule is CCCCN1CCC(NC(=O)CCCN2C(=O)c3cccc4cccc(c34)C2=O)CC1. The summed E-state index contributed by atoms with van der Waals surface area (Å²) in [5.41, 5.74) is 1.12. The van der Waals surface area contributed by atoms with Gasteiger partial charge in [-0.25, -0.2) is 0 Å². The third kappa shape index (κ3) is 4.64. The maximum atomic E-state index is 12.9. The lowest BCUT2D eigenvalue weighted by atomic mass is 9.94. The molecule has 2 aliphatic heterocycles. The number of benzene rings is 2. The van der Waals surface area contributed by atoms with Crippen LogP contribution in [0.5, 0.6) is 0 Å². The quantitative estimate of drug-likeness (QED) is 0.662. The van der Waals surface area contributed by atoms with E-state index < -0.39 is 0 Å². The Morgan fingerprint density at radius 2 is 1.61 bits per heavy atom. The minimum atomic E-state index is -0.269. The summed E-state index contributed by atoms with van der Waals surface area (Å²) in [4.78, 5) is 42.0. The van der Waals surface area contributed by atoms with Crippen LogP contribution in [0.25, 0.3) is 10.8 Å². The van der Waals surface area contributed by atoms with Crippen molar-refractivity contribution in [2.24, 2.45) is 0 Å². The van der Waals surface area contributed by atoms with Crippen LogP contribution in [0.2, 0.25) is 0 Å². The van der Waals surface area contributed by atoms with Crippen molar-refractivity contribution in [3.05, 3.63) is 47.5 Å². The van der Waals surface area contributed by atoms with Gasteiger partial charge >= 0.3 is 0 Å². The highest BCUT2D eigenvalue weighted by Crippen LogP contribution is 2.30. The molecule has 1 saturated heterocycles. The Bertz CT molecular complexity index is 928. The lowest BCUT2D eigenvalue weighted by molar-refractivity contribution is -0.122. The van der Waals surface area contributed by atoms with E-state index in [1.165, 1.54) is 17.7 Å². The van der Waals surface area contributed by atoms with Crippen molar-refractivity contribution in [2.45, 2.75) is 51.5 Å². The fourth-order valence-corrected chi connectivity index (χ4v) is 4.66. The van der Waals surface area contributed by atoms with Crippen LogP contribution in [-0.4, -0.2) is 59.7 Å². The molecule has 31 heavy (non-hydrogen) atoms. The lowest BCUT2D eigenvalue weighted by Gasteiger charge is -2.32. The summed E-state index contributed by atoms with van der Waals surface area (Å²) in [6.45, 7) is 5.67. The number of rotatable bonds is 8. The van der Waals surface area contributed by atoms with Crippen molar-refractivity contribution < 1.29 is 14.4 Å². The Kier molecular flexibility index (Phi) is 6.66. The van der Waals surface area contributed by atoms with Gasteiger partial charge in [-0.2, -0.15) is 0 Å². The first kappa shape index (κ1) is 21.5. The van der Waals surface area contributed by atoms with Crippen molar-refractivity contribution in [3.8, 4) is 0 Å². The topological polar surface area (TPSA) is 69.7 Å². The molecular weight excluding hydrogens is 390 g/mol. The van der Waals surface area contributed by atoms with E-state index in [1.807, 2.05) is 24.3 Å². The molecular formula is C25H31N3O3. The van der Waals surface area contributed by atoms with Gasteiger partial charge in [-0.3, -0.25) is 19.3 Å². The summed E-state index contributed by atoms with van der Waals surface area (Å²) in [5.74, 6) is -0.533. The molecule has 2 heterocycles. The number of hydrogen-bond acceptors (Lipinski definition) is 4. The lowest BCUT2D eigenvalue weighted by Crippen LogP contribution is -2.45. The molecule has 0 aromatic heterocycles. The smallest absolute Gasteiger partial charge is 0.261 e. The predicted molar refractivity (Wildman–Crippen MR) is 121 cm³/mol. The number of likely N-dealkylation sites (tertiary alicyclic amines) is 1.